The highest BCUT2D eigenvalue weighted by molar-refractivity contribution is 5.91. The Bertz CT molecular complexity index is 865. The molecule has 162 valence electrons. The number of aliphatic hydroxyl groups is 1. The number of aliphatic hydroxyl groups excluding tert-OH is 1. The predicted molar refractivity (Wildman–Crippen MR) is 106 cm³/mol. The number of amides is 2. The van der Waals surface area contributed by atoms with Crippen LogP contribution in [0.25, 0.3) is 0 Å². The van der Waals surface area contributed by atoms with Crippen LogP contribution in [0.4, 0.5) is 25.0 Å². The van der Waals surface area contributed by atoms with Crippen molar-refractivity contribution in [3.63, 3.8) is 0 Å². The highest BCUT2D eigenvalue weighted by atomic mass is 19.3. The van der Waals surface area contributed by atoms with Gasteiger partial charge in [0.2, 0.25) is 0 Å². The Kier molecular flexibility index (Phi) is 8.05. The average molecular weight is 423 g/mol. The van der Waals surface area contributed by atoms with Crippen LogP contribution in [-0.4, -0.2) is 40.2 Å². The zero-order valence-corrected chi connectivity index (χ0v) is 16.5. The molecule has 0 unspecified atom stereocenters. The fourth-order valence-corrected chi connectivity index (χ4v) is 2.90. The summed E-state index contributed by atoms with van der Waals surface area (Å²) in [6.07, 6.45) is 0. The van der Waals surface area contributed by atoms with Gasteiger partial charge in [-0.15, -0.1) is 0 Å². The number of anilines is 1. The summed E-state index contributed by atoms with van der Waals surface area (Å²) in [6, 6.07) is 10.6. The lowest BCUT2D eigenvalue weighted by atomic mass is 10.0. The van der Waals surface area contributed by atoms with Gasteiger partial charge in [-0.3, -0.25) is 10.1 Å². The Morgan fingerprint density at radius 2 is 1.90 bits per heavy atom. The Labute approximate surface area is 172 Å². The van der Waals surface area contributed by atoms with E-state index in [1.807, 2.05) is 19.9 Å². The van der Waals surface area contributed by atoms with Gasteiger partial charge in [0.05, 0.1) is 23.3 Å². The topological polar surface area (TPSA) is 105 Å². The van der Waals surface area contributed by atoms with Crippen molar-refractivity contribution in [2.75, 3.05) is 11.9 Å². The molecule has 0 bridgehead atoms. The summed E-state index contributed by atoms with van der Waals surface area (Å²) < 4.78 is 29.8. The molecule has 2 aromatic rings. The maximum Gasteiger partial charge on any atom is 0.387 e. The molecule has 0 aliphatic heterocycles. The second-order valence-corrected chi connectivity index (χ2v) is 6.85. The van der Waals surface area contributed by atoms with Gasteiger partial charge in [0, 0.05) is 18.7 Å². The van der Waals surface area contributed by atoms with Gasteiger partial charge in [-0.25, -0.2) is 4.79 Å². The van der Waals surface area contributed by atoms with E-state index in [0.29, 0.717) is 0 Å². The first-order valence-electron chi connectivity index (χ1n) is 9.18. The van der Waals surface area contributed by atoms with Crippen LogP contribution < -0.4 is 10.1 Å². The molecule has 0 aromatic heterocycles. The van der Waals surface area contributed by atoms with Gasteiger partial charge in [0.15, 0.2) is 0 Å². The first-order chi connectivity index (χ1) is 14.2. The molecule has 0 heterocycles. The standard InChI is InChI=1S/C20H23F2N3O5/c1-13(2)17(12-26)24(11-14-6-4-3-5-7-14)20(27)23-16-10-15(25(28)29)8-9-18(16)30-19(21)22/h3-10,13,17,19,26H,11-12H2,1-2H3,(H,23,27)/t17-/m0/s1. The Hall–Kier alpha value is -3.27. The molecule has 0 saturated heterocycles. The number of ether oxygens (including phenoxy) is 1. The molecular weight excluding hydrogens is 400 g/mol. The third-order valence-electron chi connectivity index (χ3n) is 4.45. The van der Waals surface area contributed by atoms with E-state index in [-0.39, 0.29) is 24.8 Å². The van der Waals surface area contributed by atoms with Crippen molar-refractivity contribution in [2.24, 2.45) is 5.92 Å². The van der Waals surface area contributed by atoms with E-state index in [2.05, 4.69) is 10.1 Å². The van der Waals surface area contributed by atoms with E-state index >= 15 is 0 Å². The molecule has 2 amide bonds. The zero-order valence-electron chi connectivity index (χ0n) is 16.5. The van der Waals surface area contributed by atoms with Gasteiger partial charge in [0.1, 0.15) is 5.75 Å². The van der Waals surface area contributed by atoms with Crippen molar-refractivity contribution in [1.82, 2.24) is 4.90 Å². The number of rotatable bonds is 9. The summed E-state index contributed by atoms with van der Waals surface area (Å²) in [5.41, 5.74) is 0.118. The third-order valence-corrected chi connectivity index (χ3v) is 4.45. The van der Waals surface area contributed by atoms with Gasteiger partial charge in [0.25, 0.3) is 5.69 Å². The maximum absolute atomic E-state index is 13.0. The minimum Gasteiger partial charge on any atom is -0.433 e. The molecule has 0 aliphatic carbocycles. The summed E-state index contributed by atoms with van der Waals surface area (Å²) in [5, 5.41) is 23.3. The number of non-ortho nitro benzene ring substituents is 1. The third kappa shape index (κ3) is 6.11. The van der Waals surface area contributed by atoms with E-state index in [1.165, 1.54) is 4.90 Å². The first kappa shape index (κ1) is 23.0. The van der Waals surface area contributed by atoms with E-state index in [1.54, 1.807) is 24.3 Å². The predicted octanol–water partition coefficient (Wildman–Crippen LogP) is 4.25. The van der Waals surface area contributed by atoms with Gasteiger partial charge >= 0.3 is 12.6 Å². The number of alkyl halides is 2. The molecule has 30 heavy (non-hydrogen) atoms. The summed E-state index contributed by atoms with van der Waals surface area (Å²) in [4.78, 5) is 24.7. The number of benzene rings is 2. The van der Waals surface area contributed by atoms with Crippen LogP contribution in [0.5, 0.6) is 5.75 Å². The number of nitrogens with one attached hydrogen (secondary N) is 1. The fourth-order valence-electron chi connectivity index (χ4n) is 2.90. The number of nitrogens with zero attached hydrogens (tertiary/aromatic N) is 2. The number of carbonyl (C=O) groups is 1. The molecule has 8 nitrogen and oxygen atoms in total. The van der Waals surface area contributed by atoms with Crippen LogP contribution in [0.1, 0.15) is 19.4 Å². The van der Waals surface area contributed by atoms with Crippen LogP contribution in [-0.2, 0) is 6.54 Å². The van der Waals surface area contributed by atoms with E-state index in [4.69, 9.17) is 0 Å². The number of hydrogen-bond donors (Lipinski definition) is 2. The largest absolute Gasteiger partial charge is 0.433 e. The minimum absolute atomic E-state index is 0.119. The van der Waals surface area contributed by atoms with Crippen molar-refractivity contribution in [1.29, 1.82) is 0 Å². The molecule has 0 radical (unpaired) electrons. The minimum atomic E-state index is -3.18. The molecule has 0 spiro atoms. The zero-order chi connectivity index (χ0) is 22.3. The maximum atomic E-state index is 13.0. The molecule has 2 aromatic carbocycles. The Morgan fingerprint density at radius 1 is 1.23 bits per heavy atom. The smallest absolute Gasteiger partial charge is 0.387 e. The Balaban J connectivity index is 2.37. The summed E-state index contributed by atoms with van der Waals surface area (Å²) in [5.74, 6) is -0.528. The van der Waals surface area contributed by atoms with Crippen LogP contribution >= 0.6 is 0 Å². The van der Waals surface area contributed by atoms with E-state index in [9.17, 15) is 28.8 Å². The van der Waals surface area contributed by atoms with Crippen LogP contribution in [0.2, 0.25) is 0 Å². The molecule has 0 fully saturated rings. The van der Waals surface area contributed by atoms with E-state index in [0.717, 1.165) is 23.8 Å². The van der Waals surface area contributed by atoms with Gasteiger partial charge < -0.3 is 20.1 Å². The molecule has 2 N–H and O–H groups in total. The quantitative estimate of drug-likeness (QED) is 0.463. The summed E-state index contributed by atoms with van der Waals surface area (Å²) >= 11 is 0. The number of halogens is 2. The van der Waals surface area contributed by atoms with Crippen molar-refractivity contribution in [3.8, 4) is 5.75 Å². The highest BCUT2D eigenvalue weighted by Gasteiger charge is 2.27. The highest BCUT2D eigenvalue weighted by Crippen LogP contribution is 2.31. The van der Waals surface area contributed by atoms with Gasteiger partial charge in [-0.2, -0.15) is 8.78 Å². The molecule has 10 heteroatoms. The molecule has 1 atom stereocenters. The normalized spacial score (nSPS) is 12.0. The monoisotopic (exact) mass is 423 g/mol. The second-order valence-electron chi connectivity index (χ2n) is 6.85. The van der Waals surface area contributed by atoms with Crippen LogP contribution in [0, 0.1) is 16.0 Å². The number of carbonyl (C=O) groups excluding carboxylic acids is 1. The molecule has 0 aliphatic rings. The molecule has 0 saturated carbocycles. The fraction of sp³-hybridized carbons (Fsp3) is 0.350. The SMILES string of the molecule is CC(C)[C@H](CO)N(Cc1ccccc1)C(=O)Nc1cc([N+](=O)[O-])ccc1OC(F)F. The van der Waals surface area contributed by atoms with Gasteiger partial charge in [-0.1, -0.05) is 44.2 Å². The van der Waals surface area contributed by atoms with Gasteiger partial charge in [-0.05, 0) is 17.5 Å². The lowest BCUT2D eigenvalue weighted by Gasteiger charge is -2.33. The summed E-state index contributed by atoms with van der Waals surface area (Å²) in [7, 11) is 0. The van der Waals surface area contributed by atoms with Crippen molar-refractivity contribution >= 4 is 17.4 Å². The molecular formula is C20H23F2N3O5. The summed E-state index contributed by atoms with van der Waals surface area (Å²) in [6.45, 7) is 0.280. The van der Waals surface area contributed by atoms with E-state index < -0.39 is 35.0 Å². The number of hydrogen-bond acceptors (Lipinski definition) is 5. The number of nitro groups is 1. The van der Waals surface area contributed by atoms with Crippen molar-refractivity contribution < 1.29 is 28.3 Å². The lowest BCUT2D eigenvalue weighted by Crippen LogP contribution is -2.47. The van der Waals surface area contributed by atoms with Crippen molar-refractivity contribution in [2.45, 2.75) is 33.0 Å². The number of urea groups is 1. The van der Waals surface area contributed by atoms with Crippen molar-refractivity contribution in [3.05, 3.63) is 64.2 Å². The second kappa shape index (κ2) is 10.5. The molecule has 2 rings (SSSR count). The Morgan fingerprint density at radius 3 is 2.43 bits per heavy atom. The average Bonchev–Trinajstić information content (AvgIpc) is 2.69. The lowest BCUT2D eigenvalue weighted by molar-refractivity contribution is -0.384. The number of nitro benzene ring substituents is 1. The first-order valence-corrected chi connectivity index (χ1v) is 9.18. The van der Waals surface area contributed by atoms with Crippen LogP contribution in [0.15, 0.2) is 48.5 Å². The van der Waals surface area contributed by atoms with Crippen LogP contribution in [0.3, 0.4) is 0 Å².